The molecule has 1 aromatic rings. The highest BCUT2D eigenvalue weighted by Crippen LogP contribution is 2.23. The lowest BCUT2D eigenvalue weighted by atomic mass is 9.99. The van der Waals surface area contributed by atoms with Gasteiger partial charge in [-0.25, -0.2) is 0 Å². The van der Waals surface area contributed by atoms with Crippen LogP contribution in [0.15, 0.2) is 24.3 Å². The van der Waals surface area contributed by atoms with Gasteiger partial charge in [0.2, 0.25) is 5.91 Å². The van der Waals surface area contributed by atoms with Crippen molar-refractivity contribution in [2.45, 2.75) is 39.2 Å². The molecule has 2 rings (SSSR count). The third-order valence-electron chi connectivity index (χ3n) is 4.54. The molecular weight excluding hydrogens is 248 g/mol. The Kier molecular flexibility index (Phi) is 5.18. The fourth-order valence-electron chi connectivity index (χ4n) is 2.94. The molecule has 0 radical (unpaired) electrons. The van der Waals surface area contributed by atoms with Crippen molar-refractivity contribution in [1.29, 1.82) is 0 Å². The molecule has 2 unspecified atom stereocenters. The minimum atomic E-state index is 0.144. The lowest BCUT2D eigenvalue weighted by Crippen LogP contribution is -2.30. The van der Waals surface area contributed by atoms with Crippen molar-refractivity contribution in [2.24, 2.45) is 5.92 Å². The van der Waals surface area contributed by atoms with Crippen molar-refractivity contribution in [3.8, 4) is 0 Å². The van der Waals surface area contributed by atoms with E-state index in [9.17, 15) is 4.79 Å². The molecule has 1 heterocycles. The van der Waals surface area contributed by atoms with Gasteiger partial charge in [-0.3, -0.25) is 4.79 Å². The lowest BCUT2D eigenvalue weighted by molar-refractivity contribution is -0.132. The van der Waals surface area contributed by atoms with Crippen LogP contribution in [0.25, 0.3) is 0 Å². The number of nitrogens with one attached hydrogen (secondary N) is 1. The number of amides is 1. The van der Waals surface area contributed by atoms with E-state index < -0.39 is 0 Å². The van der Waals surface area contributed by atoms with Crippen LogP contribution >= 0.6 is 0 Å². The van der Waals surface area contributed by atoms with Crippen LogP contribution in [0.3, 0.4) is 0 Å². The molecule has 1 saturated heterocycles. The molecule has 0 spiro atoms. The van der Waals surface area contributed by atoms with Crippen LogP contribution in [0, 0.1) is 12.8 Å². The summed E-state index contributed by atoms with van der Waals surface area (Å²) in [6.45, 7) is 6.39. The smallest absolute Gasteiger partial charge is 0.222 e. The van der Waals surface area contributed by atoms with Gasteiger partial charge in [-0.1, -0.05) is 24.3 Å². The zero-order chi connectivity index (χ0) is 14.5. The fraction of sp³-hybridized carbons (Fsp3) is 0.588. The topological polar surface area (TPSA) is 32.3 Å². The predicted octanol–water partition coefficient (Wildman–Crippen LogP) is 2.90. The summed E-state index contributed by atoms with van der Waals surface area (Å²) in [5, 5.41) is 3.36. The van der Waals surface area contributed by atoms with Gasteiger partial charge in [0.15, 0.2) is 0 Å². The number of carbonyl (C=O) groups is 1. The molecule has 1 fully saturated rings. The molecular formula is C17H26N2O. The first-order valence-corrected chi connectivity index (χ1v) is 7.61. The van der Waals surface area contributed by atoms with Crippen LogP contribution in [0.4, 0.5) is 0 Å². The van der Waals surface area contributed by atoms with Crippen molar-refractivity contribution in [1.82, 2.24) is 10.2 Å². The van der Waals surface area contributed by atoms with Crippen molar-refractivity contribution in [3.05, 3.63) is 35.4 Å². The fourth-order valence-corrected chi connectivity index (χ4v) is 2.94. The molecule has 1 N–H and O–H groups in total. The van der Waals surface area contributed by atoms with Gasteiger partial charge in [0.25, 0.3) is 0 Å². The molecule has 20 heavy (non-hydrogen) atoms. The third kappa shape index (κ3) is 3.60. The molecule has 1 aliphatic heterocycles. The van der Waals surface area contributed by atoms with Gasteiger partial charge in [0.1, 0.15) is 0 Å². The number of benzene rings is 1. The van der Waals surface area contributed by atoms with E-state index in [2.05, 4.69) is 31.3 Å². The Morgan fingerprint density at radius 2 is 2.20 bits per heavy atom. The van der Waals surface area contributed by atoms with Crippen LogP contribution < -0.4 is 5.32 Å². The summed E-state index contributed by atoms with van der Waals surface area (Å²) in [6, 6.07) is 8.45. The van der Waals surface area contributed by atoms with Crippen molar-refractivity contribution in [2.75, 3.05) is 20.1 Å². The second-order valence-electron chi connectivity index (χ2n) is 5.93. The number of hydrogen-bond donors (Lipinski definition) is 1. The van der Waals surface area contributed by atoms with Gasteiger partial charge >= 0.3 is 0 Å². The Labute approximate surface area is 122 Å². The van der Waals surface area contributed by atoms with E-state index in [1.54, 1.807) is 0 Å². The van der Waals surface area contributed by atoms with Crippen LogP contribution in [-0.4, -0.2) is 30.9 Å². The average molecular weight is 274 g/mol. The first kappa shape index (κ1) is 15.0. The number of carbonyl (C=O) groups excluding carboxylic acids is 1. The quantitative estimate of drug-likeness (QED) is 0.895. The van der Waals surface area contributed by atoms with E-state index in [1.807, 2.05) is 24.1 Å². The van der Waals surface area contributed by atoms with E-state index in [1.165, 1.54) is 17.5 Å². The van der Waals surface area contributed by atoms with E-state index >= 15 is 0 Å². The molecule has 1 aliphatic rings. The molecule has 0 bridgehead atoms. The number of hydrogen-bond acceptors (Lipinski definition) is 2. The molecule has 1 aromatic carbocycles. The van der Waals surface area contributed by atoms with Crippen molar-refractivity contribution < 1.29 is 4.79 Å². The average Bonchev–Trinajstić information content (AvgIpc) is 2.97. The monoisotopic (exact) mass is 274 g/mol. The molecule has 110 valence electrons. The van der Waals surface area contributed by atoms with Crippen LogP contribution in [0.5, 0.6) is 0 Å². The number of aryl methyl sites for hydroxylation is 1. The van der Waals surface area contributed by atoms with E-state index in [0.717, 1.165) is 19.5 Å². The molecule has 0 aromatic heterocycles. The zero-order valence-electron chi connectivity index (χ0n) is 12.9. The molecule has 0 saturated carbocycles. The predicted molar refractivity (Wildman–Crippen MR) is 82.6 cm³/mol. The summed E-state index contributed by atoms with van der Waals surface area (Å²) in [5.74, 6) is 0.939. The van der Waals surface area contributed by atoms with Gasteiger partial charge < -0.3 is 10.2 Å². The molecule has 3 nitrogen and oxygen atoms in total. The molecule has 0 aliphatic carbocycles. The van der Waals surface area contributed by atoms with E-state index in [4.69, 9.17) is 0 Å². The van der Waals surface area contributed by atoms with Crippen LogP contribution in [-0.2, 0) is 4.79 Å². The first-order chi connectivity index (χ1) is 9.59. The van der Waals surface area contributed by atoms with Gasteiger partial charge in [0.05, 0.1) is 6.04 Å². The minimum absolute atomic E-state index is 0.144. The van der Waals surface area contributed by atoms with Gasteiger partial charge in [-0.15, -0.1) is 0 Å². The third-order valence-corrected chi connectivity index (χ3v) is 4.54. The maximum absolute atomic E-state index is 12.3. The van der Waals surface area contributed by atoms with E-state index in [0.29, 0.717) is 12.3 Å². The van der Waals surface area contributed by atoms with Crippen LogP contribution in [0.1, 0.15) is 43.4 Å². The van der Waals surface area contributed by atoms with E-state index in [-0.39, 0.29) is 11.9 Å². The summed E-state index contributed by atoms with van der Waals surface area (Å²) in [7, 11) is 1.92. The van der Waals surface area contributed by atoms with Gasteiger partial charge in [0, 0.05) is 13.5 Å². The Morgan fingerprint density at radius 3 is 2.85 bits per heavy atom. The highest BCUT2D eigenvalue weighted by Gasteiger charge is 2.21. The standard InChI is InChI=1S/C17H26N2O/c1-13-6-4-5-7-16(13)14(2)19(3)17(20)9-8-15-10-11-18-12-15/h4-7,14-15,18H,8-12H2,1-3H3. The number of nitrogens with zero attached hydrogens (tertiary/aromatic N) is 1. The first-order valence-electron chi connectivity index (χ1n) is 7.61. The minimum Gasteiger partial charge on any atom is -0.339 e. The van der Waals surface area contributed by atoms with Gasteiger partial charge in [-0.05, 0) is 56.8 Å². The summed E-state index contributed by atoms with van der Waals surface area (Å²) in [6.07, 6.45) is 2.89. The normalized spacial score (nSPS) is 19.9. The Balaban J connectivity index is 1.90. The SMILES string of the molecule is Cc1ccccc1C(C)N(C)C(=O)CCC1CCNC1. The second kappa shape index (κ2) is 6.89. The summed E-state index contributed by atoms with van der Waals surface area (Å²) in [5.41, 5.74) is 2.49. The molecule has 2 atom stereocenters. The summed E-state index contributed by atoms with van der Waals surface area (Å²) >= 11 is 0. The molecule has 3 heteroatoms. The number of rotatable bonds is 5. The van der Waals surface area contributed by atoms with Crippen molar-refractivity contribution in [3.63, 3.8) is 0 Å². The highest BCUT2D eigenvalue weighted by molar-refractivity contribution is 5.76. The Hall–Kier alpha value is -1.35. The largest absolute Gasteiger partial charge is 0.339 e. The summed E-state index contributed by atoms with van der Waals surface area (Å²) in [4.78, 5) is 14.2. The molecule has 1 amide bonds. The Morgan fingerprint density at radius 1 is 1.45 bits per heavy atom. The lowest BCUT2D eigenvalue weighted by Gasteiger charge is -2.27. The second-order valence-corrected chi connectivity index (χ2v) is 5.93. The van der Waals surface area contributed by atoms with Crippen molar-refractivity contribution >= 4 is 5.91 Å². The van der Waals surface area contributed by atoms with Gasteiger partial charge in [-0.2, -0.15) is 0 Å². The maximum Gasteiger partial charge on any atom is 0.222 e. The maximum atomic E-state index is 12.3. The van der Waals surface area contributed by atoms with Crippen LogP contribution in [0.2, 0.25) is 0 Å². The highest BCUT2D eigenvalue weighted by atomic mass is 16.2. The summed E-state index contributed by atoms with van der Waals surface area (Å²) < 4.78 is 0. The zero-order valence-corrected chi connectivity index (χ0v) is 12.9. The Bertz CT molecular complexity index is 452.